The van der Waals surface area contributed by atoms with Crippen LogP contribution in [-0.4, -0.2) is 51.1 Å². The van der Waals surface area contributed by atoms with Crippen LogP contribution in [0.4, 0.5) is 0 Å². The normalized spacial score (nSPS) is 19.9. The number of thiazole rings is 1. The molecule has 3 aromatic rings. The van der Waals surface area contributed by atoms with Gasteiger partial charge >= 0.3 is 0 Å². The van der Waals surface area contributed by atoms with Crippen molar-refractivity contribution in [1.82, 2.24) is 20.1 Å². The van der Waals surface area contributed by atoms with Crippen LogP contribution in [0.2, 0.25) is 0 Å². The van der Waals surface area contributed by atoms with Crippen LogP contribution in [0.25, 0.3) is 10.4 Å². The van der Waals surface area contributed by atoms with Crippen LogP contribution in [0.15, 0.2) is 54.0 Å². The number of rotatable bonds is 7. The fraction of sp³-hybridized carbons (Fsp3) is 0.419. The molecule has 2 atom stereocenters. The number of benzene rings is 2. The highest BCUT2D eigenvalue weighted by Crippen LogP contribution is 2.36. The van der Waals surface area contributed by atoms with E-state index in [1.165, 1.54) is 0 Å². The minimum absolute atomic E-state index is 0.0620. The molecule has 0 unspecified atom stereocenters. The zero-order valence-electron chi connectivity index (χ0n) is 22.3. The van der Waals surface area contributed by atoms with E-state index in [2.05, 4.69) is 22.4 Å². The molecule has 1 saturated carbocycles. The average molecular weight is 543 g/mol. The average Bonchev–Trinajstić information content (AvgIpc) is 3.77. The van der Waals surface area contributed by atoms with Crippen molar-refractivity contribution < 1.29 is 14.4 Å². The molecule has 1 saturated heterocycles. The third-order valence-corrected chi connectivity index (χ3v) is 9.53. The van der Waals surface area contributed by atoms with Gasteiger partial charge in [-0.2, -0.15) is 0 Å². The summed E-state index contributed by atoms with van der Waals surface area (Å²) in [4.78, 5) is 49.9. The molecule has 2 aliphatic heterocycles. The summed E-state index contributed by atoms with van der Waals surface area (Å²) in [5.74, 6) is -0.108. The maximum Gasteiger partial charge on any atom is 0.255 e. The number of carbonyl (C=O) groups excluding carboxylic acids is 3. The first kappa shape index (κ1) is 25.7. The predicted molar refractivity (Wildman–Crippen MR) is 151 cm³/mol. The van der Waals surface area contributed by atoms with Gasteiger partial charge in [0.25, 0.3) is 5.91 Å². The number of fused-ring (bicyclic) bond motifs is 1. The molecule has 3 aliphatic rings. The van der Waals surface area contributed by atoms with Crippen molar-refractivity contribution in [2.24, 2.45) is 5.92 Å². The molecule has 202 valence electrons. The van der Waals surface area contributed by atoms with Gasteiger partial charge in [0.1, 0.15) is 12.1 Å². The SMILES string of the molecule is Cc1ncsc1-c1ccc(CNC(=O)[C@@H]2CCCN2C(=O)[C@H](C2CCCC2)N2Cc3ccccc3C2=O)cc1. The summed E-state index contributed by atoms with van der Waals surface area (Å²) in [6.07, 6.45) is 5.48. The summed E-state index contributed by atoms with van der Waals surface area (Å²) in [6, 6.07) is 14.8. The standard InChI is InChI=1S/C31H34N4O3S/c1-20-28(39-19-33-20)23-14-12-21(13-15-23)17-32-29(36)26-11-6-16-34(26)31(38)27(22-7-2-3-8-22)35-18-24-9-4-5-10-25(24)30(35)37/h4-5,9-10,12-15,19,22,26-27H,2-3,6-8,11,16-18H2,1H3,(H,32,36)/t26-,27-/m0/s1. The molecule has 0 bridgehead atoms. The van der Waals surface area contributed by atoms with E-state index >= 15 is 0 Å². The molecular weight excluding hydrogens is 508 g/mol. The zero-order valence-corrected chi connectivity index (χ0v) is 23.1. The molecular formula is C31H34N4O3S. The molecule has 2 fully saturated rings. The lowest BCUT2D eigenvalue weighted by Gasteiger charge is -2.36. The second-order valence-electron chi connectivity index (χ2n) is 11.0. The largest absolute Gasteiger partial charge is 0.350 e. The van der Waals surface area contributed by atoms with E-state index in [1.807, 2.05) is 48.8 Å². The molecule has 1 aliphatic carbocycles. The molecule has 6 rings (SSSR count). The lowest BCUT2D eigenvalue weighted by atomic mass is 9.94. The maximum absolute atomic E-state index is 14.1. The Morgan fingerprint density at radius 2 is 1.82 bits per heavy atom. The first-order chi connectivity index (χ1) is 19.0. The van der Waals surface area contributed by atoms with Crippen LogP contribution >= 0.6 is 11.3 Å². The van der Waals surface area contributed by atoms with Gasteiger partial charge in [0, 0.05) is 25.2 Å². The number of carbonyl (C=O) groups is 3. The van der Waals surface area contributed by atoms with Crippen LogP contribution in [0.1, 0.15) is 65.7 Å². The summed E-state index contributed by atoms with van der Waals surface area (Å²) >= 11 is 1.62. The van der Waals surface area contributed by atoms with Crippen molar-refractivity contribution in [2.75, 3.05) is 6.54 Å². The number of nitrogens with zero attached hydrogens (tertiary/aromatic N) is 3. The number of hydrogen-bond donors (Lipinski definition) is 1. The van der Waals surface area contributed by atoms with Gasteiger partial charge in [-0.1, -0.05) is 55.3 Å². The highest BCUT2D eigenvalue weighted by atomic mass is 32.1. The first-order valence-corrected chi connectivity index (χ1v) is 14.9. The molecule has 3 amide bonds. The number of hydrogen-bond acceptors (Lipinski definition) is 5. The molecule has 1 aromatic heterocycles. The van der Waals surface area contributed by atoms with E-state index in [-0.39, 0.29) is 23.6 Å². The summed E-state index contributed by atoms with van der Waals surface area (Å²) in [5, 5.41) is 3.07. The monoisotopic (exact) mass is 542 g/mol. The van der Waals surface area contributed by atoms with Crippen molar-refractivity contribution >= 4 is 29.1 Å². The second-order valence-corrected chi connectivity index (χ2v) is 11.8. The van der Waals surface area contributed by atoms with Gasteiger partial charge in [-0.25, -0.2) is 4.98 Å². The van der Waals surface area contributed by atoms with Gasteiger partial charge in [-0.05, 0) is 61.3 Å². The lowest BCUT2D eigenvalue weighted by Crippen LogP contribution is -2.55. The number of likely N-dealkylation sites (tertiary alicyclic amines) is 1. The third-order valence-electron chi connectivity index (χ3n) is 8.55. The van der Waals surface area contributed by atoms with Crippen LogP contribution in [0.5, 0.6) is 0 Å². The van der Waals surface area contributed by atoms with Gasteiger partial charge in [0.15, 0.2) is 0 Å². The minimum Gasteiger partial charge on any atom is -0.350 e. The number of aryl methyl sites for hydroxylation is 1. The molecule has 8 heteroatoms. The minimum atomic E-state index is -0.511. The Morgan fingerprint density at radius 1 is 1.05 bits per heavy atom. The first-order valence-electron chi connectivity index (χ1n) is 14.0. The van der Waals surface area contributed by atoms with E-state index in [9.17, 15) is 14.4 Å². The fourth-order valence-corrected chi connectivity index (χ4v) is 7.31. The fourth-order valence-electron chi connectivity index (χ4n) is 6.50. The Morgan fingerprint density at radius 3 is 2.54 bits per heavy atom. The molecule has 39 heavy (non-hydrogen) atoms. The van der Waals surface area contributed by atoms with Crippen LogP contribution in [0.3, 0.4) is 0 Å². The van der Waals surface area contributed by atoms with Gasteiger partial charge in [0.2, 0.25) is 11.8 Å². The van der Waals surface area contributed by atoms with Crippen molar-refractivity contribution in [3.63, 3.8) is 0 Å². The Kier molecular flexibility index (Phi) is 7.21. The second kappa shape index (κ2) is 10.9. The summed E-state index contributed by atoms with van der Waals surface area (Å²) in [5.41, 5.74) is 6.67. The van der Waals surface area contributed by atoms with Crippen molar-refractivity contribution in [2.45, 2.75) is 70.6 Å². The molecule has 0 spiro atoms. The summed E-state index contributed by atoms with van der Waals surface area (Å²) < 4.78 is 0. The van der Waals surface area contributed by atoms with E-state index in [0.717, 1.165) is 59.4 Å². The zero-order chi connectivity index (χ0) is 26.9. The van der Waals surface area contributed by atoms with Crippen LogP contribution < -0.4 is 5.32 Å². The smallest absolute Gasteiger partial charge is 0.255 e. The molecule has 1 N–H and O–H groups in total. The van der Waals surface area contributed by atoms with Crippen molar-refractivity contribution in [3.05, 3.63) is 76.4 Å². The van der Waals surface area contributed by atoms with Crippen LogP contribution in [0, 0.1) is 12.8 Å². The van der Waals surface area contributed by atoms with Gasteiger partial charge in [0.05, 0.1) is 16.1 Å². The molecule has 2 aromatic carbocycles. The topological polar surface area (TPSA) is 82.6 Å². The molecule has 7 nitrogen and oxygen atoms in total. The van der Waals surface area contributed by atoms with Gasteiger partial charge in [-0.15, -0.1) is 11.3 Å². The van der Waals surface area contributed by atoms with E-state index in [1.54, 1.807) is 21.1 Å². The van der Waals surface area contributed by atoms with Crippen LogP contribution in [-0.2, 0) is 22.7 Å². The Hall–Kier alpha value is -3.52. The van der Waals surface area contributed by atoms with E-state index in [0.29, 0.717) is 31.6 Å². The van der Waals surface area contributed by atoms with E-state index < -0.39 is 12.1 Å². The maximum atomic E-state index is 14.1. The predicted octanol–water partition coefficient (Wildman–Crippen LogP) is 4.94. The van der Waals surface area contributed by atoms with E-state index in [4.69, 9.17) is 0 Å². The molecule has 0 radical (unpaired) electrons. The van der Waals surface area contributed by atoms with Gasteiger partial charge in [-0.3, -0.25) is 14.4 Å². The van der Waals surface area contributed by atoms with Gasteiger partial charge < -0.3 is 15.1 Å². The summed E-state index contributed by atoms with van der Waals surface area (Å²) in [6.45, 7) is 3.43. The Balaban J connectivity index is 1.14. The number of nitrogens with one attached hydrogen (secondary N) is 1. The van der Waals surface area contributed by atoms with Crippen molar-refractivity contribution in [1.29, 1.82) is 0 Å². The summed E-state index contributed by atoms with van der Waals surface area (Å²) in [7, 11) is 0. The van der Waals surface area contributed by atoms with Crippen molar-refractivity contribution in [3.8, 4) is 10.4 Å². The Bertz CT molecular complexity index is 1380. The lowest BCUT2D eigenvalue weighted by molar-refractivity contribution is -0.143. The third kappa shape index (κ3) is 4.98. The highest BCUT2D eigenvalue weighted by molar-refractivity contribution is 7.13. The Labute approximate surface area is 233 Å². The number of amides is 3. The molecule has 3 heterocycles. The quantitative estimate of drug-likeness (QED) is 0.459. The highest BCUT2D eigenvalue weighted by Gasteiger charge is 2.46. The number of aromatic nitrogens is 1.